The quantitative estimate of drug-likeness (QED) is 0.199. The molecule has 0 bridgehead atoms. The highest BCUT2D eigenvalue weighted by Crippen LogP contribution is 2.39. The molecule has 0 spiro atoms. The second-order valence-corrected chi connectivity index (χ2v) is 9.12. The van der Waals surface area contributed by atoms with E-state index in [1.807, 2.05) is 18.2 Å². The van der Waals surface area contributed by atoms with Crippen molar-refractivity contribution in [3.8, 4) is 22.9 Å². The number of nitrogens with one attached hydrogen (secondary N) is 2. The van der Waals surface area contributed by atoms with Crippen LogP contribution in [0.3, 0.4) is 0 Å². The van der Waals surface area contributed by atoms with E-state index in [1.54, 1.807) is 49.6 Å². The largest absolute Gasteiger partial charge is 0.494 e. The van der Waals surface area contributed by atoms with Gasteiger partial charge in [-0.05, 0) is 37.1 Å². The van der Waals surface area contributed by atoms with Gasteiger partial charge in [-0.2, -0.15) is 5.10 Å². The summed E-state index contributed by atoms with van der Waals surface area (Å²) in [6, 6.07) is 10.7. The van der Waals surface area contributed by atoms with Crippen LogP contribution < -0.4 is 20.1 Å². The summed E-state index contributed by atoms with van der Waals surface area (Å²) in [5.74, 6) is 2.48. The Morgan fingerprint density at radius 2 is 1.85 bits per heavy atom. The first kappa shape index (κ1) is 26.1. The topological polar surface area (TPSA) is 157 Å². The highest BCUT2D eigenvalue weighted by atomic mass is 16.5. The van der Waals surface area contributed by atoms with Gasteiger partial charge in [0.15, 0.2) is 17.4 Å². The maximum absolute atomic E-state index is 13.1. The number of ketones is 1. The number of hydrogen-bond acceptors (Lipinski definition) is 11. The number of aryl methyl sites for hydroxylation is 1. The Bertz CT molecular complexity index is 1450. The first-order valence-electron chi connectivity index (χ1n) is 12.4. The number of hydrogen-bond donors (Lipinski definition) is 4. The second-order valence-electron chi connectivity index (χ2n) is 9.12. The zero-order valence-corrected chi connectivity index (χ0v) is 21.5. The molecule has 0 radical (unpaired) electrons. The summed E-state index contributed by atoms with van der Waals surface area (Å²) in [4.78, 5) is 26.2. The summed E-state index contributed by atoms with van der Waals surface area (Å²) in [5.41, 5.74) is 2.41. The molecule has 0 unspecified atom stereocenters. The first-order chi connectivity index (χ1) is 19.0. The van der Waals surface area contributed by atoms with Crippen LogP contribution in [-0.4, -0.2) is 67.2 Å². The number of aromatic nitrogens is 5. The van der Waals surface area contributed by atoms with Crippen LogP contribution in [0.2, 0.25) is 0 Å². The smallest absolute Gasteiger partial charge is 0.184 e. The average molecular weight is 532 g/mol. The van der Waals surface area contributed by atoms with Crippen LogP contribution in [0.15, 0.2) is 55.1 Å². The zero-order chi connectivity index (χ0) is 27.4. The predicted octanol–water partition coefficient (Wildman–Crippen LogP) is 3.09. The molecular weight excluding hydrogens is 502 g/mol. The van der Waals surface area contributed by atoms with Crippen LogP contribution in [0, 0.1) is 5.92 Å². The summed E-state index contributed by atoms with van der Waals surface area (Å²) in [7, 11) is 3.37. The van der Waals surface area contributed by atoms with E-state index in [9.17, 15) is 15.0 Å². The number of rotatable bonds is 12. The van der Waals surface area contributed by atoms with Crippen LogP contribution in [0.5, 0.6) is 11.5 Å². The van der Waals surface area contributed by atoms with Crippen molar-refractivity contribution in [3.63, 3.8) is 0 Å². The number of para-hydroxylation sites is 1. The maximum Gasteiger partial charge on any atom is 0.184 e. The Labute approximate surface area is 224 Å². The minimum atomic E-state index is -0.721. The molecule has 12 nitrogen and oxygen atoms in total. The molecule has 4 aromatic rings. The van der Waals surface area contributed by atoms with Gasteiger partial charge in [-0.25, -0.2) is 15.0 Å². The monoisotopic (exact) mass is 531 g/mol. The first-order valence-corrected chi connectivity index (χ1v) is 12.4. The molecule has 202 valence electrons. The average Bonchev–Trinajstić information content (AvgIpc) is 3.72. The SMILES string of the molecule is COc1c(Nc2cc(Nc3ccc(OC(CO)CO)cn3)ncc2C(=O)C2CC2)cccc1-c1ncn(C)n1. The second kappa shape index (κ2) is 11.5. The van der Waals surface area contributed by atoms with Gasteiger partial charge in [-0.1, -0.05) is 6.07 Å². The highest BCUT2D eigenvalue weighted by molar-refractivity contribution is 6.04. The number of nitrogens with zero attached hydrogens (tertiary/aromatic N) is 5. The van der Waals surface area contributed by atoms with E-state index in [-0.39, 0.29) is 24.9 Å². The molecule has 1 aliphatic rings. The molecule has 1 fully saturated rings. The van der Waals surface area contributed by atoms with Gasteiger partial charge in [-0.15, -0.1) is 0 Å². The molecule has 0 atom stereocenters. The van der Waals surface area contributed by atoms with Crippen molar-refractivity contribution in [1.29, 1.82) is 0 Å². The van der Waals surface area contributed by atoms with Gasteiger partial charge < -0.3 is 30.3 Å². The minimum absolute atomic E-state index is 0.00739. The fraction of sp³-hybridized carbons (Fsp3) is 0.296. The molecule has 0 amide bonds. The van der Waals surface area contributed by atoms with Gasteiger partial charge in [0, 0.05) is 25.2 Å². The number of benzene rings is 1. The van der Waals surface area contributed by atoms with Crippen molar-refractivity contribution in [2.24, 2.45) is 13.0 Å². The molecule has 4 N–H and O–H groups in total. The summed E-state index contributed by atoms with van der Waals surface area (Å²) in [6.45, 7) is -0.623. The number of anilines is 4. The van der Waals surface area contributed by atoms with E-state index >= 15 is 0 Å². The molecule has 1 saturated carbocycles. The number of aliphatic hydroxyl groups excluding tert-OH is 2. The lowest BCUT2D eigenvalue weighted by Gasteiger charge is -2.17. The summed E-state index contributed by atoms with van der Waals surface area (Å²) in [5, 5.41) is 29.3. The fourth-order valence-electron chi connectivity index (χ4n) is 4.01. The summed E-state index contributed by atoms with van der Waals surface area (Å²) >= 11 is 0. The predicted molar refractivity (Wildman–Crippen MR) is 144 cm³/mol. The molecular formula is C27H29N7O5. The summed E-state index contributed by atoms with van der Waals surface area (Å²) in [6.07, 6.45) is 5.68. The molecule has 39 heavy (non-hydrogen) atoms. The van der Waals surface area contributed by atoms with Gasteiger partial charge >= 0.3 is 0 Å². The fourth-order valence-corrected chi connectivity index (χ4v) is 4.01. The van der Waals surface area contributed by atoms with Crippen molar-refractivity contribution in [1.82, 2.24) is 24.7 Å². The third-order valence-electron chi connectivity index (χ3n) is 6.15. The number of carbonyl (C=O) groups is 1. The molecule has 5 rings (SSSR count). The Morgan fingerprint density at radius 1 is 1.05 bits per heavy atom. The normalized spacial score (nSPS) is 12.8. The lowest BCUT2D eigenvalue weighted by atomic mass is 10.1. The molecule has 1 aromatic carbocycles. The van der Waals surface area contributed by atoms with E-state index in [0.29, 0.717) is 51.5 Å². The molecule has 1 aliphatic carbocycles. The third-order valence-corrected chi connectivity index (χ3v) is 6.15. The lowest BCUT2D eigenvalue weighted by molar-refractivity contribution is 0.0627. The van der Waals surface area contributed by atoms with Crippen LogP contribution in [0.4, 0.5) is 23.0 Å². The van der Waals surface area contributed by atoms with E-state index in [4.69, 9.17) is 9.47 Å². The van der Waals surface area contributed by atoms with Gasteiger partial charge in [0.25, 0.3) is 0 Å². The van der Waals surface area contributed by atoms with Crippen LogP contribution >= 0.6 is 0 Å². The zero-order valence-electron chi connectivity index (χ0n) is 21.5. The molecule has 3 aromatic heterocycles. The van der Waals surface area contributed by atoms with Crippen molar-refractivity contribution < 1.29 is 24.5 Å². The van der Waals surface area contributed by atoms with E-state index in [1.165, 1.54) is 6.20 Å². The molecule has 3 heterocycles. The summed E-state index contributed by atoms with van der Waals surface area (Å²) < 4.78 is 12.8. The van der Waals surface area contributed by atoms with E-state index in [0.717, 1.165) is 12.8 Å². The van der Waals surface area contributed by atoms with Crippen molar-refractivity contribution in [2.75, 3.05) is 31.0 Å². The van der Waals surface area contributed by atoms with Gasteiger partial charge in [-0.3, -0.25) is 9.48 Å². The number of aliphatic hydroxyl groups is 2. The number of methoxy groups -OCH3 is 1. The van der Waals surface area contributed by atoms with Gasteiger partial charge in [0.2, 0.25) is 0 Å². The van der Waals surface area contributed by atoms with Gasteiger partial charge in [0.1, 0.15) is 29.8 Å². The Balaban J connectivity index is 1.43. The standard InChI is InChI=1S/C27H29N7O5/c1-34-15-30-27(33-34)19-4-3-5-21(26(19)38-2)31-22-10-24(29-12-20(22)25(37)16-6-7-16)32-23-9-8-17(11-28-23)39-18(13-35)14-36/h3-5,8-12,15-16,18,35-36H,6-7,13-14H2,1-2H3,(H2,28,29,31,32). The molecule has 12 heteroatoms. The molecule has 0 aliphatic heterocycles. The maximum atomic E-state index is 13.1. The Morgan fingerprint density at radius 3 is 2.49 bits per heavy atom. The molecule has 0 saturated heterocycles. The van der Waals surface area contributed by atoms with Crippen LogP contribution in [0.1, 0.15) is 23.2 Å². The Kier molecular flexibility index (Phi) is 7.66. The number of pyridine rings is 2. The number of ether oxygens (including phenoxy) is 2. The van der Waals surface area contributed by atoms with Gasteiger partial charge in [0.05, 0.1) is 49.0 Å². The lowest BCUT2D eigenvalue weighted by Crippen LogP contribution is -2.25. The van der Waals surface area contributed by atoms with Crippen molar-refractivity contribution in [2.45, 2.75) is 18.9 Å². The minimum Gasteiger partial charge on any atom is -0.494 e. The Hall–Kier alpha value is -4.55. The number of carbonyl (C=O) groups excluding carboxylic acids is 1. The van der Waals surface area contributed by atoms with E-state index < -0.39 is 6.10 Å². The highest BCUT2D eigenvalue weighted by Gasteiger charge is 2.32. The van der Waals surface area contributed by atoms with E-state index in [2.05, 4.69) is 30.7 Å². The van der Waals surface area contributed by atoms with Crippen LogP contribution in [0.25, 0.3) is 11.4 Å². The van der Waals surface area contributed by atoms with Crippen molar-refractivity contribution in [3.05, 3.63) is 60.7 Å². The van der Waals surface area contributed by atoms with Crippen molar-refractivity contribution >= 4 is 28.8 Å². The number of Topliss-reactive ketones (excluding diaryl/α,β-unsaturated/α-hetero) is 1. The van der Waals surface area contributed by atoms with Crippen LogP contribution in [-0.2, 0) is 7.05 Å². The third kappa shape index (κ3) is 5.97.